The van der Waals surface area contributed by atoms with Crippen LogP contribution in [-0.4, -0.2) is 11.7 Å². The molecule has 0 aromatic heterocycles. The van der Waals surface area contributed by atoms with Crippen molar-refractivity contribution in [2.24, 2.45) is 0 Å². The third-order valence-corrected chi connectivity index (χ3v) is 1.66. The van der Waals surface area contributed by atoms with Gasteiger partial charge in [-0.05, 0) is 24.3 Å². The number of anilines is 1. The Kier molecular flexibility index (Phi) is 3.76. The lowest BCUT2D eigenvalue weighted by atomic mass is 10.3. The lowest BCUT2D eigenvalue weighted by Crippen LogP contribution is -2.11. The summed E-state index contributed by atoms with van der Waals surface area (Å²) in [5.74, 6) is -0.0598. The molecule has 1 radical (unpaired) electrons. The summed E-state index contributed by atoms with van der Waals surface area (Å²) in [5, 5.41) is 2.60. The Morgan fingerprint density at radius 1 is 1.38 bits per heavy atom. The molecule has 13 heavy (non-hydrogen) atoms. The second-order valence-electron chi connectivity index (χ2n) is 2.51. The van der Waals surface area contributed by atoms with Crippen molar-refractivity contribution in [1.29, 1.82) is 0 Å². The molecule has 0 spiro atoms. The van der Waals surface area contributed by atoms with Gasteiger partial charge in [-0.3, -0.25) is 4.79 Å². The van der Waals surface area contributed by atoms with Crippen LogP contribution < -0.4 is 5.32 Å². The van der Waals surface area contributed by atoms with E-state index in [4.69, 9.17) is 0 Å². The van der Waals surface area contributed by atoms with Gasteiger partial charge in [0.1, 0.15) is 5.82 Å². The SMILES string of the molecule is O=C(CC[S])Nc1ccc(F)cc1. The Balaban J connectivity index is 2.54. The van der Waals surface area contributed by atoms with Crippen molar-refractivity contribution in [2.75, 3.05) is 11.1 Å². The Labute approximate surface area is 81.6 Å². The zero-order valence-corrected chi connectivity index (χ0v) is 7.73. The first-order chi connectivity index (χ1) is 6.22. The van der Waals surface area contributed by atoms with Crippen molar-refractivity contribution in [3.05, 3.63) is 30.1 Å². The number of halogens is 1. The van der Waals surface area contributed by atoms with Gasteiger partial charge in [-0.15, -0.1) is 0 Å². The average molecular weight is 198 g/mol. The zero-order chi connectivity index (χ0) is 9.68. The molecule has 1 rings (SSSR count). The average Bonchev–Trinajstić information content (AvgIpc) is 2.09. The van der Waals surface area contributed by atoms with E-state index in [0.29, 0.717) is 17.9 Å². The maximum absolute atomic E-state index is 12.4. The second kappa shape index (κ2) is 4.87. The minimum atomic E-state index is -0.318. The second-order valence-corrected chi connectivity index (χ2v) is 2.92. The summed E-state index contributed by atoms with van der Waals surface area (Å²) in [4.78, 5) is 11.0. The highest BCUT2D eigenvalue weighted by Gasteiger charge is 2.00. The lowest BCUT2D eigenvalue weighted by Gasteiger charge is -2.02. The summed E-state index contributed by atoms with van der Waals surface area (Å²) in [6.45, 7) is 0. The van der Waals surface area contributed by atoms with Gasteiger partial charge >= 0.3 is 0 Å². The smallest absolute Gasteiger partial charge is 0.225 e. The molecule has 0 saturated carbocycles. The molecule has 0 heterocycles. The number of benzene rings is 1. The molecule has 0 atom stereocenters. The summed E-state index contributed by atoms with van der Waals surface area (Å²) in [6.07, 6.45) is 0.312. The van der Waals surface area contributed by atoms with Crippen LogP contribution in [0.25, 0.3) is 0 Å². The van der Waals surface area contributed by atoms with Gasteiger partial charge in [-0.25, -0.2) is 4.39 Å². The first-order valence-electron chi connectivity index (χ1n) is 3.86. The number of carbonyl (C=O) groups excluding carboxylic acids is 1. The maximum Gasteiger partial charge on any atom is 0.225 e. The summed E-state index contributed by atoms with van der Waals surface area (Å²) in [6, 6.07) is 5.61. The third-order valence-electron chi connectivity index (χ3n) is 1.46. The van der Waals surface area contributed by atoms with Crippen molar-refractivity contribution >= 4 is 24.2 Å². The van der Waals surface area contributed by atoms with Crippen LogP contribution in [0.15, 0.2) is 24.3 Å². The van der Waals surface area contributed by atoms with Crippen LogP contribution in [0.4, 0.5) is 10.1 Å². The van der Waals surface area contributed by atoms with Gasteiger partial charge < -0.3 is 5.32 Å². The number of hydrogen-bond donors (Lipinski definition) is 1. The fraction of sp³-hybridized carbons (Fsp3) is 0.222. The van der Waals surface area contributed by atoms with Crippen LogP contribution in [0, 0.1) is 5.82 Å². The zero-order valence-electron chi connectivity index (χ0n) is 6.92. The quantitative estimate of drug-likeness (QED) is 0.793. The fourth-order valence-corrected chi connectivity index (χ4v) is 1.03. The molecule has 69 valence electrons. The first kappa shape index (κ1) is 10.1. The van der Waals surface area contributed by atoms with Crippen molar-refractivity contribution in [3.8, 4) is 0 Å². The van der Waals surface area contributed by atoms with Crippen molar-refractivity contribution in [3.63, 3.8) is 0 Å². The van der Waals surface area contributed by atoms with Gasteiger partial charge in [0.2, 0.25) is 5.91 Å². The maximum atomic E-state index is 12.4. The summed E-state index contributed by atoms with van der Waals surface area (Å²) < 4.78 is 12.4. The van der Waals surface area contributed by atoms with Crippen molar-refractivity contribution in [2.45, 2.75) is 6.42 Å². The van der Waals surface area contributed by atoms with E-state index in [9.17, 15) is 9.18 Å². The predicted molar refractivity (Wildman–Crippen MR) is 52.1 cm³/mol. The molecule has 0 bridgehead atoms. The molecular formula is C9H9FNOS. The minimum absolute atomic E-state index is 0.137. The summed E-state index contributed by atoms with van der Waals surface area (Å²) >= 11 is 4.64. The van der Waals surface area contributed by atoms with Gasteiger partial charge in [0.15, 0.2) is 0 Å². The molecule has 1 aromatic rings. The van der Waals surface area contributed by atoms with E-state index in [1.807, 2.05) is 0 Å². The Morgan fingerprint density at radius 2 is 2.00 bits per heavy atom. The van der Waals surface area contributed by atoms with Crippen LogP contribution >= 0.6 is 12.6 Å². The lowest BCUT2D eigenvalue weighted by molar-refractivity contribution is -0.115. The number of carbonyl (C=O) groups is 1. The number of amides is 1. The van der Waals surface area contributed by atoms with E-state index >= 15 is 0 Å². The van der Waals surface area contributed by atoms with Gasteiger partial charge in [0, 0.05) is 17.9 Å². The van der Waals surface area contributed by atoms with Crippen molar-refractivity contribution in [1.82, 2.24) is 0 Å². The molecule has 2 nitrogen and oxygen atoms in total. The Hall–Kier alpha value is -1.03. The Bertz CT molecular complexity index is 286. The van der Waals surface area contributed by atoms with E-state index in [2.05, 4.69) is 17.9 Å². The molecule has 1 N–H and O–H groups in total. The van der Waals surface area contributed by atoms with E-state index in [-0.39, 0.29) is 11.7 Å². The molecule has 0 fully saturated rings. The van der Waals surface area contributed by atoms with Crippen LogP contribution in [0.3, 0.4) is 0 Å². The van der Waals surface area contributed by atoms with Crippen LogP contribution in [0.1, 0.15) is 6.42 Å². The molecule has 0 aliphatic carbocycles. The molecule has 1 amide bonds. The van der Waals surface area contributed by atoms with Gasteiger partial charge in [-0.2, -0.15) is 0 Å². The van der Waals surface area contributed by atoms with E-state index < -0.39 is 0 Å². The van der Waals surface area contributed by atoms with Crippen LogP contribution in [-0.2, 0) is 4.79 Å². The Morgan fingerprint density at radius 3 is 2.54 bits per heavy atom. The highest BCUT2D eigenvalue weighted by molar-refractivity contribution is 7.80. The third kappa shape index (κ3) is 3.46. The molecule has 1 aromatic carbocycles. The van der Waals surface area contributed by atoms with Crippen LogP contribution in [0.5, 0.6) is 0 Å². The molecule has 0 aliphatic rings. The van der Waals surface area contributed by atoms with Crippen molar-refractivity contribution < 1.29 is 9.18 Å². The number of nitrogens with one attached hydrogen (secondary N) is 1. The van der Waals surface area contributed by atoms with Gasteiger partial charge in [0.05, 0.1) is 0 Å². The topological polar surface area (TPSA) is 29.1 Å². The highest BCUT2D eigenvalue weighted by atomic mass is 32.1. The summed E-state index contributed by atoms with van der Waals surface area (Å²) in [5.41, 5.74) is 0.592. The largest absolute Gasteiger partial charge is 0.326 e. The summed E-state index contributed by atoms with van der Waals surface area (Å²) in [7, 11) is 0. The number of rotatable bonds is 3. The monoisotopic (exact) mass is 198 g/mol. The van der Waals surface area contributed by atoms with Gasteiger partial charge in [-0.1, -0.05) is 12.6 Å². The fourth-order valence-electron chi connectivity index (χ4n) is 0.849. The van der Waals surface area contributed by atoms with Gasteiger partial charge in [0.25, 0.3) is 0 Å². The molecule has 0 unspecified atom stereocenters. The highest BCUT2D eigenvalue weighted by Crippen LogP contribution is 2.08. The normalized spacial score (nSPS) is 9.69. The molecule has 4 heteroatoms. The standard InChI is InChI=1S/C9H9FNOS/c10-7-1-3-8(4-2-7)11-9(12)5-6-13/h1-4H,5-6H2,(H,11,12). The predicted octanol–water partition coefficient (Wildman–Crippen LogP) is 2.35. The molecule has 0 aliphatic heterocycles. The molecular weight excluding hydrogens is 189 g/mol. The van der Waals surface area contributed by atoms with E-state index in [1.54, 1.807) is 0 Å². The van der Waals surface area contributed by atoms with E-state index in [0.717, 1.165) is 0 Å². The number of hydrogen-bond acceptors (Lipinski definition) is 1. The minimum Gasteiger partial charge on any atom is -0.326 e. The van der Waals surface area contributed by atoms with E-state index in [1.165, 1.54) is 24.3 Å². The van der Waals surface area contributed by atoms with Crippen LogP contribution in [0.2, 0.25) is 0 Å². The molecule has 0 saturated heterocycles. The first-order valence-corrected chi connectivity index (χ1v) is 4.43.